The van der Waals surface area contributed by atoms with Crippen molar-refractivity contribution in [2.75, 3.05) is 0 Å². The summed E-state index contributed by atoms with van der Waals surface area (Å²) in [6, 6.07) is 0. The van der Waals surface area contributed by atoms with Gasteiger partial charge in [0.1, 0.15) is 6.17 Å². The third kappa shape index (κ3) is 2.90. The Hall–Kier alpha value is -1.06. The first kappa shape index (κ1) is 9.03. The first-order valence-corrected chi connectivity index (χ1v) is 4.25. The van der Waals surface area contributed by atoms with Crippen molar-refractivity contribution in [3.8, 4) is 0 Å². The van der Waals surface area contributed by atoms with E-state index in [1.165, 1.54) is 6.92 Å². The van der Waals surface area contributed by atoms with Gasteiger partial charge in [-0.05, 0) is 19.3 Å². The molecule has 1 rings (SSSR count). The van der Waals surface area contributed by atoms with Gasteiger partial charge in [-0.3, -0.25) is 9.59 Å². The van der Waals surface area contributed by atoms with Gasteiger partial charge < -0.3 is 10.6 Å². The van der Waals surface area contributed by atoms with Crippen LogP contribution in [0.25, 0.3) is 0 Å². The van der Waals surface area contributed by atoms with Gasteiger partial charge in [0.2, 0.25) is 11.8 Å². The summed E-state index contributed by atoms with van der Waals surface area (Å²) >= 11 is 0. The fraction of sp³-hybridized carbons (Fsp3) is 0.750. The smallest absolute Gasteiger partial charge is 0.221 e. The van der Waals surface area contributed by atoms with E-state index in [1.54, 1.807) is 0 Å². The molecule has 4 nitrogen and oxygen atoms in total. The van der Waals surface area contributed by atoms with Crippen molar-refractivity contribution in [2.24, 2.45) is 0 Å². The summed E-state index contributed by atoms with van der Waals surface area (Å²) in [5, 5.41) is 5.42. The number of amides is 2. The van der Waals surface area contributed by atoms with E-state index >= 15 is 0 Å². The molecule has 1 saturated heterocycles. The highest BCUT2D eigenvalue weighted by Gasteiger charge is 2.15. The lowest BCUT2D eigenvalue weighted by molar-refractivity contribution is -0.123. The molecule has 1 heterocycles. The Morgan fingerprint density at radius 2 is 2.33 bits per heavy atom. The molecule has 4 heteroatoms. The second kappa shape index (κ2) is 4.09. The zero-order valence-corrected chi connectivity index (χ0v) is 7.22. The van der Waals surface area contributed by atoms with Crippen LogP contribution in [0, 0.1) is 0 Å². The van der Waals surface area contributed by atoms with Gasteiger partial charge in [-0.15, -0.1) is 0 Å². The third-order valence-corrected chi connectivity index (χ3v) is 1.86. The monoisotopic (exact) mass is 170 g/mol. The fourth-order valence-corrected chi connectivity index (χ4v) is 1.33. The second-order valence-corrected chi connectivity index (χ2v) is 3.07. The Morgan fingerprint density at radius 1 is 1.58 bits per heavy atom. The maximum Gasteiger partial charge on any atom is 0.221 e. The fourth-order valence-electron chi connectivity index (χ4n) is 1.33. The van der Waals surface area contributed by atoms with Gasteiger partial charge in [0.05, 0.1) is 0 Å². The topological polar surface area (TPSA) is 58.2 Å². The van der Waals surface area contributed by atoms with Crippen molar-refractivity contribution in [1.82, 2.24) is 10.6 Å². The highest BCUT2D eigenvalue weighted by molar-refractivity contribution is 5.78. The van der Waals surface area contributed by atoms with Crippen LogP contribution < -0.4 is 10.6 Å². The number of carbonyl (C=O) groups excluding carboxylic acids is 2. The first-order valence-electron chi connectivity index (χ1n) is 4.25. The van der Waals surface area contributed by atoms with Crippen molar-refractivity contribution in [1.29, 1.82) is 0 Å². The summed E-state index contributed by atoms with van der Waals surface area (Å²) in [5.41, 5.74) is 0. The molecule has 0 bridgehead atoms. The second-order valence-electron chi connectivity index (χ2n) is 3.07. The van der Waals surface area contributed by atoms with Crippen molar-refractivity contribution in [3.63, 3.8) is 0 Å². The minimum atomic E-state index is -0.155. The minimum Gasteiger partial charge on any atom is -0.336 e. The molecule has 0 spiro atoms. The third-order valence-electron chi connectivity index (χ3n) is 1.86. The number of carbonyl (C=O) groups is 2. The van der Waals surface area contributed by atoms with Gasteiger partial charge in [-0.1, -0.05) is 0 Å². The summed E-state index contributed by atoms with van der Waals surface area (Å²) in [5.74, 6) is -0.0616. The van der Waals surface area contributed by atoms with Crippen LogP contribution in [0.1, 0.15) is 32.6 Å². The highest BCUT2D eigenvalue weighted by Crippen LogP contribution is 2.07. The molecule has 2 amide bonds. The quantitative estimate of drug-likeness (QED) is 0.588. The maximum atomic E-state index is 11.0. The highest BCUT2D eigenvalue weighted by atomic mass is 16.2. The van der Waals surface area contributed by atoms with Crippen LogP contribution in [0.4, 0.5) is 0 Å². The number of hydrogen-bond donors (Lipinski definition) is 2. The Kier molecular flexibility index (Phi) is 3.08. The molecular weight excluding hydrogens is 156 g/mol. The Balaban J connectivity index is 2.41. The lowest BCUT2D eigenvalue weighted by Crippen LogP contribution is -2.45. The van der Waals surface area contributed by atoms with E-state index in [9.17, 15) is 9.59 Å². The number of rotatable bonds is 1. The normalized spacial score (nSPS) is 24.1. The van der Waals surface area contributed by atoms with Crippen molar-refractivity contribution >= 4 is 11.8 Å². The van der Waals surface area contributed by atoms with Crippen LogP contribution in [0.15, 0.2) is 0 Å². The molecule has 1 fully saturated rings. The first-order chi connectivity index (χ1) is 5.68. The predicted molar refractivity (Wildman–Crippen MR) is 44.2 cm³/mol. The molecule has 0 aromatic heterocycles. The zero-order chi connectivity index (χ0) is 8.97. The Labute approximate surface area is 71.7 Å². The Morgan fingerprint density at radius 3 is 3.00 bits per heavy atom. The van der Waals surface area contributed by atoms with E-state index in [0.29, 0.717) is 6.42 Å². The largest absolute Gasteiger partial charge is 0.336 e. The molecule has 0 aliphatic carbocycles. The van der Waals surface area contributed by atoms with E-state index in [1.807, 2.05) is 0 Å². The van der Waals surface area contributed by atoms with E-state index in [0.717, 1.165) is 19.3 Å². The molecule has 1 unspecified atom stereocenters. The van der Waals surface area contributed by atoms with Crippen LogP contribution >= 0.6 is 0 Å². The summed E-state index contributed by atoms with van der Waals surface area (Å²) in [6.07, 6.45) is 3.17. The van der Waals surface area contributed by atoms with E-state index in [4.69, 9.17) is 0 Å². The molecule has 0 radical (unpaired) electrons. The maximum absolute atomic E-state index is 11.0. The van der Waals surface area contributed by atoms with Crippen LogP contribution in [0.2, 0.25) is 0 Å². The zero-order valence-electron chi connectivity index (χ0n) is 7.22. The summed E-state index contributed by atoms with van der Waals surface area (Å²) in [4.78, 5) is 21.7. The molecule has 0 saturated carbocycles. The van der Waals surface area contributed by atoms with Gasteiger partial charge in [-0.25, -0.2) is 0 Å². The molecular formula is C8H14N2O2. The number of nitrogens with one attached hydrogen (secondary N) is 2. The van der Waals surface area contributed by atoms with Gasteiger partial charge in [-0.2, -0.15) is 0 Å². The van der Waals surface area contributed by atoms with Crippen molar-refractivity contribution < 1.29 is 9.59 Å². The molecule has 0 aromatic rings. The van der Waals surface area contributed by atoms with Crippen LogP contribution in [-0.4, -0.2) is 18.0 Å². The van der Waals surface area contributed by atoms with Gasteiger partial charge >= 0.3 is 0 Å². The molecule has 1 aliphatic rings. The van der Waals surface area contributed by atoms with Crippen LogP contribution in [0.5, 0.6) is 0 Å². The van der Waals surface area contributed by atoms with E-state index in [-0.39, 0.29) is 18.0 Å². The van der Waals surface area contributed by atoms with Crippen LogP contribution in [0.3, 0.4) is 0 Å². The summed E-state index contributed by atoms with van der Waals surface area (Å²) in [7, 11) is 0. The molecule has 1 atom stereocenters. The number of hydrogen-bond acceptors (Lipinski definition) is 2. The van der Waals surface area contributed by atoms with Gasteiger partial charge in [0.15, 0.2) is 0 Å². The van der Waals surface area contributed by atoms with Crippen molar-refractivity contribution in [2.45, 2.75) is 38.8 Å². The molecule has 2 N–H and O–H groups in total. The minimum absolute atomic E-state index is 0.0336. The molecule has 1 aliphatic heterocycles. The molecule has 68 valence electrons. The van der Waals surface area contributed by atoms with Gasteiger partial charge in [0, 0.05) is 13.3 Å². The lowest BCUT2D eigenvalue weighted by atomic mass is 10.2. The molecule has 12 heavy (non-hydrogen) atoms. The lowest BCUT2D eigenvalue weighted by Gasteiger charge is -2.15. The Bertz CT molecular complexity index is 191. The standard InChI is InChI=1S/C8H14N2O2/c1-6(11)9-7-4-2-3-5-8(12)10-7/h7H,2-5H2,1H3,(H,9,11)(H,10,12). The molecule has 0 aromatic carbocycles. The van der Waals surface area contributed by atoms with Gasteiger partial charge in [0.25, 0.3) is 0 Å². The summed E-state index contributed by atoms with van der Waals surface area (Å²) < 4.78 is 0. The van der Waals surface area contributed by atoms with Crippen molar-refractivity contribution in [3.05, 3.63) is 0 Å². The predicted octanol–water partition coefficient (Wildman–Crippen LogP) is 0.139. The van der Waals surface area contributed by atoms with E-state index < -0.39 is 0 Å². The SMILES string of the molecule is CC(=O)NC1CCCCC(=O)N1. The van der Waals surface area contributed by atoms with E-state index in [2.05, 4.69) is 10.6 Å². The summed E-state index contributed by atoms with van der Waals surface area (Å²) in [6.45, 7) is 1.46. The van der Waals surface area contributed by atoms with Crippen LogP contribution in [-0.2, 0) is 9.59 Å². The average molecular weight is 170 g/mol. The average Bonchev–Trinajstić information content (AvgIpc) is 2.12.